The third-order valence-electron chi connectivity index (χ3n) is 4.90. The highest BCUT2D eigenvalue weighted by molar-refractivity contribution is 4.92. The van der Waals surface area contributed by atoms with E-state index in [4.69, 9.17) is 9.26 Å². The van der Waals surface area contributed by atoms with Gasteiger partial charge in [0.25, 0.3) is 0 Å². The Kier molecular flexibility index (Phi) is 6.18. The molecule has 0 radical (unpaired) electrons. The number of ether oxygens (including phenoxy) is 1. The minimum Gasteiger partial charge on any atom is -0.390 e. The van der Waals surface area contributed by atoms with Crippen LogP contribution in [0.4, 0.5) is 0 Å². The normalized spacial score (nSPS) is 24.1. The van der Waals surface area contributed by atoms with Gasteiger partial charge in [-0.05, 0) is 13.8 Å². The van der Waals surface area contributed by atoms with Crippen molar-refractivity contribution >= 4 is 0 Å². The highest BCUT2D eigenvalue weighted by Crippen LogP contribution is 2.20. The molecular formula is C16H29N5O3. The third kappa shape index (κ3) is 4.73. The quantitative estimate of drug-likeness (QED) is 0.760. The Morgan fingerprint density at radius 1 is 1.04 bits per heavy atom. The molecule has 3 rings (SSSR count). The number of aromatic nitrogens is 2. The van der Waals surface area contributed by atoms with Crippen LogP contribution in [0.15, 0.2) is 4.52 Å². The third-order valence-corrected chi connectivity index (χ3v) is 4.90. The molecule has 1 aromatic heterocycles. The lowest BCUT2D eigenvalue weighted by Crippen LogP contribution is -2.51. The van der Waals surface area contributed by atoms with Gasteiger partial charge in [-0.1, -0.05) is 5.16 Å². The van der Waals surface area contributed by atoms with Crippen molar-refractivity contribution in [3.63, 3.8) is 0 Å². The number of hydrogen-bond acceptors (Lipinski definition) is 8. The van der Waals surface area contributed by atoms with Crippen LogP contribution in [-0.2, 0) is 4.74 Å². The maximum Gasteiger partial charge on any atom is 0.243 e. The van der Waals surface area contributed by atoms with Crippen LogP contribution in [0.2, 0.25) is 0 Å². The maximum atomic E-state index is 10.3. The number of aryl methyl sites for hydroxylation is 1. The van der Waals surface area contributed by atoms with E-state index in [2.05, 4.69) is 31.8 Å². The van der Waals surface area contributed by atoms with Gasteiger partial charge in [-0.2, -0.15) is 4.98 Å². The molecule has 0 saturated carbocycles. The summed E-state index contributed by atoms with van der Waals surface area (Å²) < 4.78 is 10.6. The largest absolute Gasteiger partial charge is 0.390 e. The van der Waals surface area contributed by atoms with Gasteiger partial charge < -0.3 is 14.4 Å². The first-order valence-corrected chi connectivity index (χ1v) is 8.86. The predicted octanol–water partition coefficient (Wildman–Crippen LogP) is -0.250. The number of nitrogens with zero attached hydrogens (tertiary/aromatic N) is 5. The van der Waals surface area contributed by atoms with Crippen LogP contribution in [0.25, 0.3) is 0 Å². The zero-order chi connectivity index (χ0) is 16.9. The number of hydrogen-bond donors (Lipinski definition) is 1. The first-order chi connectivity index (χ1) is 11.6. The highest BCUT2D eigenvalue weighted by Gasteiger charge is 2.26. The molecule has 8 nitrogen and oxygen atoms in total. The Hall–Kier alpha value is -1.06. The van der Waals surface area contributed by atoms with Crippen LogP contribution in [0.3, 0.4) is 0 Å². The van der Waals surface area contributed by atoms with Crippen molar-refractivity contribution in [2.45, 2.75) is 26.0 Å². The van der Waals surface area contributed by atoms with Crippen molar-refractivity contribution < 1.29 is 14.4 Å². The van der Waals surface area contributed by atoms with Gasteiger partial charge in [-0.25, -0.2) is 0 Å². The molecule has 24 heavy (non-hydrogen) atoms. The van der Waals surface area contributed by atoms with E-state index >= 15 is 0 Å². The average Bonchev–Trinajstić information content (AvgIpc) is 3.02. The molecule has 0 spiro atoms. The maximum absolute atomic E-state index is 10.3. The molecule has 0 aromatic carbocycles. The van der Waals surface area contributed by atoms with E-state index in [1.807, 2.05) is 6.92 Å². The number of β-amino-alcohol motifs (C(OH)–C–C–N with tert-alkyl or cyclic N) is 1. The molecule has 8 heteroatoms. The van der Waals surface area contributed by atoms with Crippen LogP contribution in [-0.4, -0.2) is 102 Å². The first-order valence-electron chi connectivity index (χ1n) is 8.86. The average molecular weight is 339 g/mol. The zero-order valence-corrected chi connectivity index (χ0v) is 14.7. The molecule has 0 bridgehead atoms. The van der Waals surface area contributed by atoms with Gasteiger partial charge in [0.1, 0.15) is 0 Å². The van der Waals surface area contributed by atoms with Gasteiger partial charge in [-0.3, -0.25) is 14.7 Å². The predicted molar refractivity (Wildman–Crippen MR) is 88.7 cm³/mol. The standard InChI is InChI=1S/C16H29N5O3/c1-13(16-17-14(2)18-24-16)21-5-3-19(4-6-21)11-15(22)12-20-7-9-23-10-8-20/h13,15,22H,3-12H2,1-2H3. The fourth-order valence-corrected chi connectivity index (χ4v) is 3.41. The van der Waals surface area contributed by atoms with E-state index < -0.39 is 0 Å². The summed E-state index contributed by atoms with van der Waals surface area (Å²) in [5.74, 6) is 1.37. The molecule has 3 heterocycles. The Balaban J connectivity index is 1.39. The Morgan fingerprint density at radius 3 is 2.25 bits per heavy atom. The van der Waals surface area contributed by atoms with Gasteiger partial charge in [0.2, 0.25) is 5.89 Å². The number of piperazine rings is 1. The van der Waals surface area contributed by atoms with Crippen LogP contribution < -0.4 is 0 Å². The summed E-state index contributed by atoms with van der Waals surface area (Å²) in [4.78, 5) is 11.3. The molecule has 1 N–H and O–H groups in total. The minimum atomic E-state index is -0.300. The second-order valence-electron chi connectivity index (χ2n) is 6.76. The lowest BCUT2D eigenvalue weighted by molar-refractivity contribution is 0.0000253. The fourth-order valence-electron chi connectivity index (χ4n) is 3.41. The van der Waals surface area contributed by atoms with Crippen LogP contribution in [0.1, 0.15) is 24.7 Å². The minimum absolute atomic E-state index is 0.145. The van der Waals surface area contributed by atoms with E-state index in [-0.39, 0.29) is 12.1 Å². The monoisotopic (exact) mass is 339 g/mol. The molecule has 1 aromatic rings. The Morgan fingerprint density at radius 2 is 1.67 bits per heavy atom. The number of rotatable bonds is 6. The smallest absolute Gasteiger partial charge is 0.243 e. The summed E-state index contributed by atoms with van der Waals surface area (Å²) in [6.45, 7) is 12.6. The van der Waals surface area contributed by atoms with Crippen LogP contribution in [0, 0.1) is 6.92 Å². The highest BCUT2D eigenvalue weighted by atomic mass is 16.5. The molecule has 136 valence electrons. The van der Waals surface area contributed by atoms with Crippen molar-refractivity contribution in [2.75, 3.05) is 65.6 Å². The SMILES string of the molecule is Cc1noc(C(C)N2CCN(CC(O)CN3CCOCC3)CC2)n1. The Labute approximate surface area is 143 Å². The van der Waals surface area contributed by atoms with Gasteiger partial charge in [-0.15, -0.1) is 0 Å². The summed E-state index contributed by atoms with van der Waals surface area (Å²) in [5.41, 5.74) is 0. The van der Waals surface area contributed by atoms with Gasteiger partial charge in [0.15, 0.2) is 5.82 Å². The Bertz CT molecular complexity index is 498. The van der Waals surface area contributed by atoms with Crippen LogP contribution >= 0.6 is 0 Å². The molecule has 2 saturated heterocycles. The molecule has 0 aliphatic carbocycles. The van der Waals surface area contributed by atoms with Crippen molar-refractivity contribution in [1.82, 2.24) is 24.8 Å². The van der Waals surface area contributed by atoms with Crippen molar-refractivity contribution in [3.05, 3.63) is 11.7 Å². The van der Waals surface area contributed by atoms with E-state index in [1.54, 1.807) is 0 Å². The number of aliphatic hydroxyl groups is 1. The van der Waals surface area contributed by atoms with Crippen molar-refractivity contribution in [1.29, 1.82) is 0 Å². The molecular weight excluding hydrogens is 310 g/mol. The van der Waals surface area contributed by atoms with Gasteiger partial charge >= 0.3 is 0 Å². The fraction of sp³-hybridized carbons (Fsp3) is 0.875. The summed E-state index contributed by atoms with van der Waals surface area (Å²) in [5, 5.41) is 14.2. The molecule has 0 amide bonds. The number of morpholine rings is 1. The molecule has 2 atom stereocenters. The lowest BCUT2D eigenvalue weighted by atomic mass is 10.2. The van der Waals surface area contributed by atoms with E-state index in [1.165, 1.54) is 0 Å². The van der Waals surface area contributed by atoms with E-state index in [9.17, 15) is 5.11 Å². The molecule has 2 fully saturated rings. The molecule has 2 unspecified atom stereocenters. The van der Waals surface area contributed by atoms with Gasteiger partial charge in [0.05, 0.1) is 25.4 Å². The summed E-state index contributed by atoms with van der Waals surface area (Å²) in [6, 6.07) is 0.145. The topological polar surface area (TPSA) is 78.1 Å². The van der Waals surface area contributed by atoms with Crippen LogP contribution in [0.5, 0.6) is 0 Å². The van der Waals surface area contributed by atoms with E-state index in [0.717, 1.165) is 65.6 Å². The number of aliphatic hydroxyl groups excluding tert-OH is 1. The van der Waals surface area contributed by atoms with E-state index in [0.29, 0.717) is 11.7 Å². The summed E-state index contributed by atoms with van der Waals surface area (Å²) in [6.07, 6.45) is -0.300. The second kappa shape index (κ2) is 8.35. The van der Waals surface area contributed by atoms with Crippen molar-refractivity contribution in [3.8, 4) is 0 Å². The molecule has 2 aliphatic heterocycles. The summed E-state index contributed by atoms with van der Waals surface area (Å²) >= 11 is 0. The molecule has 2 aliphatic rings. The second-order valence-corrected chi connectivity index (χ2v) is 6.76. The first kappa shape index (κ1) is 17.8. The lowest BCUT2D eigenvalue weighted by Gasteiger charge is -2.38. The van der Waals surface area contributed by atoms with Gasteiger partial charge in [0, 0.05) is 52.4 Å². The zero-order valence-electron chi connectivity index (χ0n) is 14.7. The summed E-state index contributed by atoms with van der Waals surface area (Å²) in [7, 11) is 0. The van der Waals surface area contributed by atoms with Crippen molar-refractivity contribution in [2.24, 2.45) is 0 Å².